The summed E-state index contributed by atoms with van der Waals surface area (Å²) in [5.74, 6) is -0.687. The molecule has 0 radical (unpaired) electrons. The molecule has 0 spiro atoms. The number of hydrogen-bond donors (Lipinski definition) is 3. The maximum Gasteiger partial charge on any atom is 0.358 e. The maximum atomic E-state index is 11.1. The average Bonchev–Trinajstić information content (AvgIpc) is 2.65. The lowest BCUT2D eigenvalue weighted by Crippen LogP contribution is -2.04. The fourth-order valence-electron chi connectivity index (χ4n) is 1.96. The minimum atomic E-state index is -4.62. The summed E-state index contributed by atoms with van der Waals surface area (Å²) in [5.41, 5.74) is 0.975. The van der Waals surface area contributed by atoms with Gasteiger partial charge in [0.15, 0.2) is 5.85 Å². The summed E-state index contributed by atoms with van der Waals surface area (Å²) in [6, 6.07) is 13.1. The monoisotopic (exact) mass is 430 g/mol. The molecule has 3 N–H and O–H groups in total. The highest BCUT2D eigenvalue weighted by Gasteiger charge is 2.27. The molecule has 8 nitrogen and oxygen atoms in total. The van der Waals surface area contributed by atoms with Crippen molar-refractivity contribution in [2.45, 2.75) is 5.85 Å². The number of aliphatic hydroxyl groups excluding tert-OH is 1. The van der Waals surface area contributed by atoms with Gasteiger partial charge in [-0.15, -0.1) is 0 Å². The number of aliphatic hydroxyl groups is 1. The lowest BCUT2D eigenvalue weighted by atomic mass is 10.2. The maximum absolute atomic E-state index is 11.1. The van der Waals surface area contributed by atoms with Crippen LogP contribution in [0.25, 0.3) is 0 Å². The molecule has 2 rings (SSSR count). The summed E-state index contributed by atoms with van der Waals surface area (Å²) in [4.78, 5) is 18.0. The Morgan fingerprint density at radius 1 is 1.15 bits per heavy atom. The van der Waals surface area contributed by atoms with Crippen LogP contribution in [0.2, 0.25) is 0 Å². The van der Waals surface area contributed by atoms with Gasteiger partial charge in [0, 0.05) is 7.05 Å². The second kappa shape index (κ2) is 9.46. The molecule has 2 aromatic rings. The number of rotatable bonds is 8. The summed E-state index contributed by atoms with van der Waals surface area (Å²) in [7, 11) is -3.20. The van der Waals surface area contributed by atoms with E-state index in [0.29, 0.717) is 5.75 Å². The first-order chi connectivity index (χ1) is 12.7. The van der Waals surface area contributed by atoms with Crippen LogP contribution in [0.15, 0.2) is 53.6 Å². The van der Waals surface area contributed by atoms with Gasteiger partial charge in [-0.1, -0.05) is 12.1 Å². The van der Waals surface area contributed by atoms with Gasteiger partial charge in [0.25, 0.3) is 0 Å². The molecule has 27 heavy (non-hydrogen) atoms. The zero-order valence-corrected chi connectivity index (χ0v) is 17.3. The molecule has 0 fully saturated rings. The second-order valence-electron chi connectivity index (χ2n) is 5.44. The van der Waals surface area contributed by atoms with Crippen LogP contribution in [-0.4, -0.2) is 40.0 Å². The van der Waals surface area contributed by atoms with Gasteiger partial charge in [0.2, 0.25) is 7.07 Å². The van der Waals surface area contributed by atoms with Crippen molar-refractivity contribution in [1.82, 2.24) is 4.78 Å². The van der Waals surface area contributed by atoms with Crippen molar-refractivity contribution >= 4 is 32.7 Å². The third-order valence-corrected chi connectivity index (χ3v) is 6.49. The van der Waals surface area contributed by atoms with Crippen LogP contribution in [0.3, 0.4) is 0 Å². The molecule has 2 aromatic carbocycles. The largest absolute Gasteiger partial charge is 0.497 e. The number of benzene rings is 2. The molecule has 0 aliphatic rings. The van der Waals surface area contributed by atoms with Gasteiger partial charge in [-0.2, -0.15) is 5.10 Å². The van der Waals surface area contributed by atoms with Crippen LogP contribution in [0.4, 0.5) is 0 Å². The van der Waals surface area contributed by atoms with E-state index in [1.807, 2.05) is 24.3 Å². The average molecular weight is 430 g/mol. The summed E-state index contributed by atoms with van der Waals surface area (Å²) >= 11 is 5.34. The summed E-state index contributed by atoms with van der Waals surface area (Å²) in [6.07, 6.45) is 1.65. The second-order valence-corrected chi connectivity index (χ2v) is 9.54. The molecule has 0 aliphatic carbocycles. The van der Waals surface area contributed by atoms with Gasteiger partial charge < -0.3 is 24.2 Å². The van der Waals surface area contributed by atoms with Gasteiger partial charge in [-0.3, -0.25) is 4.57 Å². The normalized spacial score (nSPS) is 14.0. The molecule has 0 saturated carbocycles. The Morgan fingerprint density at radius 3 is 2.22 bits per heavy atom. The molecule has 2 unspecified atom stereocenters. The highest BCUT2D eigenvalue weighted by atomic mass is 32.4. The van der Waals surface area contributed by atoms with E-state index in [1.165, 1.54) is 24.3 Å². The van der Waals surface area contributed by atoms with Crippen molar-refractivity contribution in [2.24, 2.45) is 5.10 Å². The van der Waals surface area contributed by atoms with E-state index in [2.05, 4.69) is 5.10 Å². The van der Waals surface area contributed by atoms with E-state index in [9.17, 15) is 9.67 Å². The van der Waals surface area contributed by atoms with E-state index in [4.69, 9.17) is 30.9 Å². The molecule has 0 heterocycles. The zero-order valence-electron chi connectivity index (χ0n) is 14.6. The highest BCUT2D eigenvalue weighted by molar-refractivity contribution is 8.02. The van der Waals surface area contributed by atoms with Crippen LogP contribution >= 0.6 is 14.7 Å². The van der Waals surface area contributed by atoms with Crippen molar-refractivity contribution in [3.63, 3.8) is 0 Å². The first-order valence-electron chi connectivity index (χ1n) is 7.67. The van der Waals surface area contributed by atoms with Crippen molar-refractivity contribution in [3.05, 3.63) is 59.7 Å². The third-order valence-electron chi connectivity index (χ3n) is 3.46. The predicted octanol–water partition coefficient (Wildman–Crippen LogP) is 2.71. The van der Waals surface area contributed by atoms with Crippen molar-refractivity contribution in [3.8, 4) is 11.5 Å². The Morgan fingerprint density at radius 2 is 1.70 bits per heavy atom. The molecule has 0 saturated heterocycles. The topological polar surface area (TPSA) is 112 Å². The summed E-state index contributed by atoms with van der Waals surface area (Å²) in [5, 5.41) is 13.8. The third kappa shape index (κ3) is 6.43. The summed E-state index contributed by atoms with van der Waals surface area (Å²) < 4.78 is 23.4. The molecule has 0 amide bonds. The van der Waals surface area contributed by atoms with Gasteiger partial charge >= 0.3 is 7.60 Å². The fourth-order valence-corrected chi connectivity index (χ4v) is 3.57. The van der Waals surface area contributed by atoms with Crippen molar-refractivity contribution in [2.75, 3.05) is 14.2 Å². The van der Waals surface area contributed by atoms with Gasteiger partial charge in [0.1, 0.15) is 11.5 Å². The van der Waals surface area contributed by atoms with Gasteiger partial charge in [-0.05, 0) is 59.3 Å². The van der Waals surface area contributed by atoms with E-state index in [1.54, 1.807) is 25.2 Å². The van der Waals surface area contributed by atoms with Gasteiger partial charge in [-0.25, -0.2) is 4.78 Å². The Kier molecular flexibility index (Phi) is 7.56. The number of nitrogens with zero attached hydrogens (tertiary/aromatic N) is 2. The lowest BCUT2D eigenvalue weighted by molar-refractivity contribution is 0.205. The fraction of sp³-hybridized carbons (Fsp3) is 0.188. The predicted molar refractivity (Wildman–Crippen MR) is 108 cm³/mol. The number of ether oxygens (including phenoxy) is 1. The molecule has 0 aliphatic heterocycles. The summed E-state index contributed by atoms with van der Waals surface area (Å²) in [6.45, 7) is 0. The van der Waals surface area contributed by atoms with Gasteiger partial charge in [0.05, 0.1) is 13.3 Å². The Bertz CT molecular complexity index is 854. The highest BCUT2D eigenvalue weighted by Crippen LogP contribution is 2.49. The SMILES string of the molecule is COc1ccc(/C=N/N(C)[PH](=S)Oc2ccc(C(O)P(=O)(O)O)cc2)cc1. The van der Waals surface area contributed by atoms with E-state index < -0.39 is 20.5 Å². The van der Waals surface area contributed by atoms with Crippen molar-refractivity contribution in [1.29, 1.82) is 0 Å². The Balaban J connectivity index is 1.97. The van der Waals surface area contributed by atoms with Crippen LogP contribution in [0, 0.1) is 0 Å². The minimum Gasteiger partial charge on any atom is -0.497 e. The van der Waals surface area contributed by atoms with E-state index in [0.717, 1.165) is 11.3 Å². The number of methoxy groups -OCH3 is 1. The van der Waals surface area contributed by atoms with Crippen LogP contribution in [0.5, 0.6) is 11.5 Å². The quantitative estimate of drug-likeness (QED) is 0.333. The molecule has 0 bridgehead atoms. The lowest BCUT2D eigenvalue weighted by Gasteiger charge is -2.17. The molecule has 146 valence electrons. The number of hydrogen-bond acceptors (Lipinski definition) is 6. The van der Waals surface area contributed by atoms with E-state index in [-0.39, 0.29) is 5.56 Å². The smallest absolute Gasteiger partial charge is 0.358 e. The molecular formula is C16H20N2O6P2S. The standard InChI is InChI=1S/C16H20N2O6P2S/c1-18(17-11-12-3-7-14(23-2)8-4-12)25(27)24-15-9-5-13(6-10-15)16(19)26(20,21)22/h3-11,16,19,25H,1-2H3,(H2,20,21,22)/b17-11+. The zero-order chi connectivity index (χ0) is 20.0. The van der Waals surface area contributed by atoms with Crippen LogP contribution in [-0.2, 0) is 16.4 Å². The van der Waals surface area contributed by atoms with E-state index >= 15 is 0 Å². The van der Waals surface area contributed by atoms with Crippen LogP contribution in [0.1, 0.15) is 17.0 Å². The minimum absolute atomic E-state index is 0.0969. The number of hydrazone groups is 1. The molecule has 11 heteroatoms. The Hall–Kier alpha value is -1.73. The Labute approximate surface area is 162 Å². The first kappa shape index (κ1) is 21.6. The molecule has 2 atom stereocenters. The molecule has 0 aromatic heterocycles. The first-order valence-corrected chi connectivity index (χ1v) is 11.8. The van der Waals surface area contributed by atoms with Crippen LogP contribution < -0.4 is 9.26 Å². The molecular weight excluding hydrogens is 410 g/mol. The van der Waals surface area contributed by atoms with Crippen molar-refractivity contribution < 1.29 is 28.7 Å².